The summed E-state index contributed by atoms with van der Waals surface area (Å²) in [6.07, 6.45) is 1.99. The van der Waals surface area contributed by atoms with E-state index in [1.54, 1.807) is 7.11 Å². The van der Waals surface area contributed by atoms with Gasteiger partial charge in [0.25, 0.3) is 0 Å². The Kier molecular flexibility index (Phi) is 10.7. The van der Waals surface area contributed by atoms with Crippen molar-refractivity contribution in [2.24, 2.45) is 10.8 Å². The summed E-state index contributed by atoms with van der Waals surface area (Å²) in [6, 6.07) is 11.8. The Morgan fingerprint density at radius 2 is 1.70 bits per heavy atom. The third-order valence-electron chi connectivity index (χ3n) is 9.11. The van der Waals surface area contributed by atoms with E-state index in [2.05, 4.69) is 33.2 Å². The van der Waals surface area contributed by atoms with Gasteiger partial charge in [0.05, 0.1) is 29.1 Å². The van der Waals surface area contributed by atoms with E-state index >= 15 is 0 Å². The molecule has 0 aliphatic heterocycles. The second-order valence-corrected chi connectivity index (χ2v) is 14.3. The fraction of sp³-hybridized carbons (Fsp3) is 0.543. The molecule has 4 rings (SSSR count). The van der Waals surface area contributed by atoms with Crippen molar-refractivity contribution in [1.29, 1.82) is 0 Å². The second-order valence-electron chi connectivity index (χ2n) is 13.9. The molecule has 1 fully saturated rings. The average Bonchev–Trinajstić information content (AvgIpc) is 3.58. The standard InChI is InChI=1S/C35H49ClN6O4/c1-9-37-30(43)28(33(3,4)5)42-31(44)35(7,20-46-8)21-15-16-24-25(19-21)40-29(39-24)27(41-32(45)38-10-2)26(34(6)17-18-34)22-13-11-12-14-23(22)36/h11-16,19,26-28H,9-10,17-18,20H2,1-8H3,(H,37,43)(H,39,40)(H,42,44)(H2,38,41,45)/t26-,27-,28-,35?/m0/s1. The van der Waals surface area contributed by atoms with Crippen LogP contribution in [0.5, 0.6) is 0 Å². The third kappa shape index (κ3) is 7.50. The molecule has 10 nitrogen and oxygen atoms in total. The summed E-state index contributed by atoms with van der Waals surface area (Å²) in [5.41, 5.74) is 1.33. The van der Waals surface area contributed by atoms with Crippen LogP contribution in [0.3, 0.4) is 0 Å². The number of benzene rings is 2. The number of aromatic nitrogens is 2. The molecular formula is C35H49ClN6O4. The fourth-order valence-electron chi connectivity index (χ4n) is 6.19. The minimum atomic E-state index is -1.12. The minimum Gasteiger partial charge on any atom is -0.383 e. The lowest BCUT2D eigenvalue weighted by Gasteiger charge is -2.35. The van der Waals surface area contributed by atoms with Crippen LogP contribution in [0.4, 0.5) is 4.79 Å². The average molecular weight is 653 g/mol. The first-order chi connectivity index (χ1) is 21.7. The number of halogens is 1. The first-order valence-corrected chi connectivity index (χ1v) is 16.4. The molecule has 5 N–H and O–H groups in total. The zero-order valence-corrected chi connectivity index (χ0v) is 29.0. The van der Waals surface area contributed by atoms with Gasteiger partial charge in [-0.2, -0.15) is 0 Å². The predicted molar refractivity (Wildman–Crippen MR) is 182 cm³/mol. The molecule has 46 heavy (non-hydrogen) atoms. The molecule has 4 amide bonds. The highest BCUT2D eigenvalue weighted by molar-refractivity contribution is 6.31. The molecule has 4 atom stereocenters. The highest BCUT2D eigenvalue weighted by Crippen LogP contribution is 2.60. The van der Waals surface area contributed by atoms with Crippen molar-refractivity contribution in [3.05, 3.63) is 64.4 Å². The van der Waals surface area contributed by atoms with Gasteiger partial charge < -0.3 is 31.0 Å². The Balaban J connectivity index is 1.77. The van der Waals surface area contributed by atoms with Crippen LogP contribution in [0.1, 0.15) is 90.2 Å². The SMILES string of the molecule is CCNC(=O)N[C@H](c1nc2ccc(C(C)(COC)C(=O)N[C@@H](C(=O)NCC)C(C)(C)C)cc2[nH]1)[C@H](c1ccccc1Cl)C1(C)CC1. The third-order valence-corrected chi connectivity index (χ3v) is 9.45. The van der Waals surface area contributed by atoms with Crippen LogP contribution in [-0.4, -0.2) is 60.7 Å². The first-order valence-electron chi connectivity index (χ1n) is 16.0. The molecule has 0 saturated heterocycles. The van der Waals surface area contributed by atoms with Crippen molar-refractivity contribution >= 4 is 40.5 Å². The number of carbonyl (C=O) groups is 3. The summed E-state index contributed by atoms with van der Waals surface area (Å²) < 4.78 is 5.56. The number of hydrogen-bond acceptors (Lipinski definition) is 5. The van der Waals surface area contributed by atoms with Crippen LogP contribution in [0.2, 0.25) is 5.02 Å². The normalized spacial score (nSPS) is 17.3. The van der Waals surface area contributed by atoms with Crippen molar-refractivity contribution < 1.29 is 19.1 Å². The van der Waals surface area contributed by atoms with Crippen LogP contribution in [0.15, 0.2) is 42.5 Å². The van der Waals surface area contributed by atoms with Crippen LogP contribution in [-0.2, 0) is 19.7 Å². The van der Waals surface area contributed by atoms with Crippen molar-refractivity contribution in [3.8, 4) is 0 Å². The smallest absolute Gasteiger partial charge is 0.315 e. The lowest BCUT2D eigenvalue weighted by atomic mass is 9.78. The number of nitrogens with zero attached hydrogens (tertiary/aromatic N) is 1. The molecule has 1 aromatic heterocycles. The molecule has 1 saturated carbocycles. The van der Waals surface area contributed by atoms with Gasteiger partial charge in [0, 0.05) is 31.1 Å². The fourth-order valence-corrected chi connectivity index (χ4v) is 6.44. The van der Waals surface area contributed by atoms with Gasteiger partial charge in [0.1, 0.15) is 11.9 Å². The summed E-state index contributed by atoms with van der Waals surface area (Å²) in [7, 11) is 1.55. The molecule has 1 aliphatic rings. The molecule has 0 radical (unpaired) electrons. The van der Waals surface area contributed by atoms with Crippen molar-refractivity contribution in [2.75, 3.05) is 26.8 Å². The molecule has 1 heterocycles. The van der Waals surface area contributed by atoms with Crippen molar-refractivity contribution in [1.82, 2.24) is 31.2 Å². The van der Waals surface area contributed by atoms with E-state index in [1.165, 1.54) is 0 Å². The van der Waals surface area contributed by atoms with E-state index in [1.807, 2.05) is 84.0 Å². The summed E-state index contributed by atoms with van der Waals surface area (Å²) in [6.45, 7) is 14.5. The molecule has 11 heteroatoms. The number of ether oxygens (including phenoxy) is 1. The van der Waals surface area contributed by atoms with Gasteiger partial charge in [0.2, 0.25) is 11.8 Å². The minimum absolute atomic E-state index is 0.0813. The molecule has 2 aromatic carbocycles. The highest BCUT2D eigenvalue weighted by Gasteiger charge is 2.51. The number of nitrogens with one attached hydrogen (secondary N) is 5. The summed E-state index contributed by atoms with van der Waals surface area (Å²) >= 11 is 6.76. The Hall–Kier alpha value is -3.63. The van der Waals surface area contributed by atoms with Gasteiger partial charge in [-0.25, -0.2) is 9.78 Å². The van der Waals surface area contributed by atoms with E-state index in [0.717, 1.165) is 18.4 Å². The van der Waals surface area contributed by atoms with E-state index in [-0.39, 0.29) is 35.8 Å². The number of methoxy groups -OCH3 is 1. The Labute approximate surface area is 277 Å². The van der Waals surface area contributed by atoms with Gasteiger partial charge in [-0.05, 0) is 73.8 Å². The van der Waals surface area contributed by atoms with Crippen LogP contribution >= 0.6 is 11.6 Å². The van der Waals surface area contributed by atoms with Crippen molar-refractivity contribution in [3.63, 3.8) is 0 Å². The van der Waals surface area contributed by atoms with Crippen LogP contribution in [0.25, 0.3) is 11.0 Å². The predicted octanol–water partition coefficient (Wildman–Crippen LogP) is 5.73. The molecule has 0 spiro atoms. The van der Waals surface area contributed by atoms with E-state index in [9.17, 15) is 14.4 Å². The highest BCUT2D eigenvalue weighted by atomic mass is 35.5. The van der Waals surface area contributed by atoms with Crippen LogP contribution in [0, 0.1) is 10.8 Å². The Morgan fingerprint density at radius 1 is 1.02 bits per heavy atom. The Morgan fingerprint density at radius 3 is 2.28 bits per heavy atom. The number of fused-ring (bicyclic) bond motifs is 1. The summed E-state index contributed by atoms with van der Waals surface area (Å²) in [5, 5.41) is 12.5. The lowest BCUT2D eigenvalue weighted by molar-refractivity contribution is -0.135. The molecular weight excluding hydrogens is 604 g/mol. The largest absolute Gasteiger partial charge is 0.383 e. The van der Waals surface area contributed by atoms with E-state index in [4.69, 9.17) is 21.3 Å². The summed E-state index contributed by atoms with van der Waals surface area (Å²) in [4.78, 5) is 48.4. The van der Waals surface area contributed by atoms with Crippen molar-refractivity contribution in [2.45, 2.75) is 84.7 Å². The van der Waals surface area contributed by atoms with Gasteiger partial charge >= 0.3 is 6.03 Å². The number of imidazole rings is 1. The zero-order valence-electron chi connectivity index (χ0n) is 28.3. The maximum Gasteiger partial charge on any atom is 0.315 e. The molecule has 1 aliphatic carbocycles. The number of aromatic amines is 1. The lowest BCUT2D eigenvalue weighted by Crippen LogP contribution is -2.58. The Bertz CT molecular complexity index is 1560. The zero-order chi connectivity index (χ0) is 33.9. The van der Waals surface area contributed by atoms with Gasteiger partial charge in [-0.15, -0.1) is 0 Å². The van der Waals surface area contributed by atoms with E-state index in [0.29, 0.717) is 40.5 Å². The number of likely N-dealkylation sites (N-methyl/N-ethyl adjacent to an activating group) is 1. The van der Waals surface area contributed by atoms with E-state index < -0.39 is 22.9 Å². The van der Waals surface area contributed by atoms with Gasteiger partial charge in [-0.3, -0.25) is 9.59 Å². The molecule has 250 valence electrons. The first kappa shape index (κ1) is 35.2. The van der Waals surface area contributed by atoms with Gasteiger partial charge in [0.15, 0.2) is 0 Å². The summed E-state index contributed by atoms with van der Waals surface area (Å²) in [5.74, 6) is -0.106. The quantitative estimate of drug-likeness (QED) is 0.161. The second kappa shape index (κ2) is 14.0. The molecule has 3 aromatic rings. The maximum atomic E-state index is 14.0. The molecule has 0 bridgehead atoms. The monoisotopic (exact) mass is 652 g/mol. The number of urea groups is 1. The molecule has 1 unspecified atom stereocenters. The number of amides is 4. The number of H-pyrrole nitrogens is 1. The topological polar surface area (TPSA) is 137 Å². The van der Waals surface area contributed by atoms with Crippen LogP contribution < -0.4 is 21.3 Å². The maximum absolute atomic E-state index is 14.0. The van der Waals surface area contributed by atoms with Gasteiger partial charge in [-0.1, -0.05) is 63.6 Å². The number of hydrogen-bond donors (Lipinski definition) is 5. The number of rotatable bonds is 13. The number of carbonyl (C=O) groups excluding carboxylic acids is 3.